The van der Waals surface area contributed by atoms with Gasteiger partial charge < -0.3 is 25.9 Å². The van der Waals surface area contributed by atoms with Gasteiger partial charge in [0.15, 0.2) is 0 Å². The number of amides is 1. The molecule has 2 rings (SSSR count). The summed E-state index contributed by atoms with van der Waals surface area (Å²) in [5.41, 5.74) is 7.97. The second-order valence-electron chi connectivity index (χ2n) is 5.01. The molecule has 0 aliphatic rings. The third kappa shape index (κ3) is 3.81. The van der Waals surface area contributed by atoms with E-state index in [4.69, 9.17) is 15.6 Å². The first-order chi connectivity index (χ1) is 10.2. The number of rotatable bonds is 7. The molecule has 6 nitrogen and oxygen atoms in total. The molecule has 2 atom stereocenters. The van der Waals surface area contributed by atoms with E-state index in [0.717, 1.165) is 16.5 Å². The van der Waals surface area contributed by atoms with E-state index in [0.29, 0.717) is 6.42 Å². The van der Waals surface area contributed by atoms with Crippen molar-refractivity contribution >= 4 is 16.8 Å². The fourth-order valence-corrected chi connectivity index (χ4v) is 2.28. The molecule has 0 saturated carbocycles. The average Bonchev–Trinajstić information content (AvgIpc) is 2.90. The van der Waals surface area contributed by atoms with E-state index < -0.39 is 12.1 Å². The molecule has 0 bridgehead atoms. The lowest BCUT2D eigenvalue weighted by atomic mass is 10.0. The SMILES string of the molecule is COCC(CO)NC(=O)[C@H](N)Cc1c[nH]c2ccccc12. The van der Waals surface area contributed by atoms with Crippen LogP contribution in [0.5, 0.6) is 0 Å². The first-order valence-electron chi connectivity index (χ1n) is 6.86. The van der Waals surface area contributed by atoms with Gasteiger partial charge in [-0.15, -0.1) is 0 Å². The molecule has 2 aromatic rings. The zero-order chi connectivity index (χ0) is 15.2. The van der Waals surface area contributed by atoms with Crippen molar-refractivity contribution in [2.45, 2.75) is 18.5 Å². The van der Waals surface area contributed by atoms with Gasteiger partial charge in [0.2, 0.25) is 5.91 Å². The number of para-hydroxylation sites is 1. The molecule has 1 aromatic carbocycles. The van der Waals surface area contributed by atoms with E-state index in [1.54, 1.807) is 0 Å². The molecule has 0 aliphatic carbocycles. The first kappa shape index (κ1) is 15.5. The fourth-order valence-electron chi connectivity index (χ4n) is 2.28. The Labute approximate surface area is 123 Å². The Morgan fingerprint density at radius 1 is 1.48 bits per heavy atom. The zero-order valence-corrected chi connectivity index (χ0v) is 12.0. The summed E-state index contributed by atoms with van der Waals surface area (Å²) in [6, 6.07) is 6.77. The number of aromatic nitrogens is 1. The Morgan fingerprint density at radius 2 is 2.24 bits per heavy atom. The number of nitrogens with two attached hydrogens (primary N) is 1. The number of hydrogen-bond acceptors (Lipinski definition) is 4. The summed E-state index contributed by atoms with van der Waals surface area (Å²) in [6.07, 6.45) is 2.30. The minimum atomic E-state index is -0.671. The highest BCUT2D eigenvalue weighted by molar-refractivity contribution is 5.86. The zero-order valence-electron chi connectivity index (χ0n) is 12.0. The van der Waals surface area contributed by atoms with Crippen molar-refractivity contribution < 1.29 is 14.6 Å². The molecule has 1 unspecified atom stereocenters. The lowest BCUT2D eigenvalue weighted by Crippen LogP contribution is -2.49. The molecule has 1 aromatic heterocycles. The van der Waals surface area contributed by atoms with Gasteiger partial charge in [0.05, 0.1) is 25.3 Å². The molecule has 0 saturated heterocycles. The van der Waals surface area contributed by atoms with Gasteiger partial charge in [-0.3, -0.25) is 4.79 Å². The summed E-state index contributed by atoms with van der Waals surface area (Å²) >= 11 is 0. The molecular formula is C15H21N3O3. The lowest BCUT2D eigenvalue weighted by Gasteiger charge is -2.18. The summed E-state index contributed by atoms with van der Waals surface area (Å²) in [4.78, 5) is 15.2. The number of aromatic amines is 1. The van der Waals surface area contributed by atoms with E-state index >= 15 is 0 Å². The number of H-pyrrole nitrogens is 1. The Balaban J connectivity index is 2.00. The van der Waals surface area contributed by atoms with Crippen LogP contribution in [-0.2, 0) is 16.0 Å². The van der Waals surface area contributed by atoms with Crippen molar-refractivity contribution in [2.24, 2.45) is 5.73 Å². The van der Waals surface area contributed by atoms with Crippen LogP contribution in [-0.4, -0.2) is 48.4 Å². The number of aliphatic hydroxyl groups excluding tert-OH is 1. The van der Waals surface area contributed by atoms with Gasteiger partial charge in [-0.1, -0.05) is 18.2 Å². The van der Waals surface area contributed by atoms with Crippen LogP contribution >= 0.6 is 0 Å². The summed E-state index contributed by atoms with van der Waals surface area (Å²) < 4.78 is 4.92. The Kier molecular flexibility index (Phi) is 5.32. The third-order valence-corrected chi connectivity index (χ3v) is 3.39. The van der Waals surface area contributed by atoms with E-state index in [-0.39, 0.29) is 19.1 Å². The number of aliphatic hydroxyl groups is 1. The summed E-state index contributed by atoms with van der Waals surface area (Å²) in [6.45, 7) is 0.0709. The van der Waals surface area contributed by atoms with Crippen LogP contribution in [0.2, 0.25) is 0 Å². The molecule has 114 valence electrons. The smallest absolute Gasteiger partial charge is 0.237 e. The fraction of sp³-hybridized carbons (Fsp3) is 0.400. The Hall–Kier alpha value is -1.89. The largest absolute Gasteiger partial charge is 0.394 e. The highest BCUT2D eigenvalue weighted by Gasteiger charge is 2.19. The molecule has 0 aliphatic heterocycles. The van der Waals surface area contributed by atoms with Crippen LogP contribution in [0.25, 0.3) is 10.9 Å². The van der Waals surface area contributed by atoms with Gasteiger partial charge in [0, 0.05) is 24.2 Å². The monoisotopic (exact) mass is 291 g/mol. The van der Waals surface area contributed by atoms with Crippen molar-refractivity contribution in [3.63, 3.8) is 0 Å². The minimum Gasteiger partial charge on any atom is -0.394 e. The number of methoxy groups -OCH3 is 1. The highest BCUT2D eigenvalue weighted by atomic mass is 16.5. The molecule has 0 fully saturated rings. The maximum atomic E-state index is 12.0. The van der Waals surface area contributed by atoms with E-state index in [1.165, 1.54) is 7.11 Å². The average molecular weight is 291 g/mol. The Morgan fingerprint density at radius 3 is 2.95 bits per heavy atom. The second-order valence-corrected chi connectivity index (χ2v) is 5.01. The molecule has 1 amide bonds. The molecule has 5 N–H and O–H groups in total. The molecule has 0 spiro atoms. The molecule has 21 heavy (non-hydrogen) atoms. The van der Waals surface area contributed by atoms with Crippen LogP contribution in [0, 0.1) is 0 Å². The lowest BCUT2D eigenvalue weighted by molar-refractivity contribution is -0.123. The van der Waals surface area contributed by atoms with Crippen molar-refractivity contribution in [1.29, 1.82) is 0 Å². The van der Waals surface area contributed by atoms with Crippen LogP contribution in [0.1, 0.15) is 5.56 Å². The van der Waals surface area contributed by atoms with Crippen molar-refractivity contribution in [2.75, 3.05) is 20.3 Å². The maximum absolute atomic E-state index is 12.0. The standard InChI is InChI=1S/C15H21N3O3/c1-21-9-11(8-19)18-15(20)13(16)6-10-7-17-14-5-3-2-4-12(10)14/h2-5,7,11,13,17,19H,6,8-9,16H2,1H3,(H,18,20)/t11?,13-/m1/s1. The van der Waals surface area contributed by atoms with E-state index in [9.17, 15) is 4.79 Å². The Bertz CT molecular complexity index is 597. The minimum absolute atomic E-state index is 0.181. The van der Waals surface area contributed by atoms with Crippen LogP contribution in [0.4, 0.5) is 0 Å². The van der Waals surface area contributed by atoms with E-state index in [2.05, 4.69) is 10.3 Å². The van der Waals surface area contributed by atoms with Gasteiger partial charge in [0.25, 0.3) is 0 Å². The van der Waals surface area contributed by atoms with Gasteiger partial charge in [-0.05, 0) is 18.1 Å². The number of hydrogen-bond donors (Lipinski definition) is 4. The predicted octanol–water partition coefficient (Wildman–Crippen LogP) is 0.161. The van der Waals surface area contributed by atoms with Crippen LogP contribution in [0.3, 0.4) is 0 Å². The summed E-state index contributed by atoms with van der Waals surface area (Å²) in [7, 11) is 1.51. The number of carbonyl (C=O) groups excluding carboxylic acids is 1. The number of nitrogens with one attached hydrogen (secondary N) is 2. The van der Waals surface area contributed by atoms with Gasteiger partial charge >= 0.3 is 0 Å². The summed E-state index contributed by atoms with van der Waals surface area (Å²) in [5, 5.41) is 12.9. The molecular weight excluding hydrogens is 270 g/mol. The molecule has 0 radical (unpaired) electrons. The highest BCUT2D eigenvalue weighted by Crippen LogP contribution is 2.18. The van der Waals surface area contributed by atoms with Gasteiger partial charge in [-0.2, -0.15) is 0 Å². The third-order valence-electron chi connectivity index (χ3n) is 3.39. The van der Waals surface area contributed by atoms with Crippen molar-refractivity contribution in [3.8, 4) is 0 Å². The van der Waals surface area contributed by atoms with Crippen LogP contribution < -0.4 is 11.1 Å². The van der Waals surface area contributed by atoms with Gasteiger partial charge in [0.1, 0.15) is 0 Å². The quantitative estimate of drug-likeness (QED) is 0.584. The number of ether oxygens (including phenoxy) is 1. The van der Waals surface area contributed by atoms with Gasteiger partial charge in [-0.25, -0.2) is 0 Å². The number of fused-ring (bicyclic) bond motifs is 1. The van der Waals surface area contributed by atoms with Crippen molar-refractivity contribution in [3.05, 3.63) is 36.0 Å². The maximum Gasteiger partial charge on any atom is 0.237 e. The van der Waals surface area contributed by atoms with E-state index in [1.807, 2.05) is 30.5 Å². The van der Waals surface area contributed by atoms with Crippen molar-refractivity contribution in [1.82, 2.24) is 10.3 Å². The van der Waals surface area contributed by atoms with Crippen LogP contribution in [0.15, 0.2) is 30.5 Å². The topological polar surface area (TPSA) is 100 Å². The normalized spacial score (nSPS) is 14.0. The summed E-state index contributed by atoms with van der Waals surface area (Å²) in [5.74, 6) is -0.295. The first-order valence-corrected chi connectivity index (χ1v) is 6.86. The number of carbonyl (C=O) groups is 1. The molecule has 1 heterocycles. The predicted molar refractivity (Wildman–Crippen MR) is 80.9 cm³/mol. The molecule has 6 heteroatoms. The number of benzene rings is 1. The second kappa shape index (κ2) is 7.21.